The van der Waals surface area contributed by atoms with E-state index >= 15 is 0 Å². The molecule has 4 nitrogen and oxygen atoms in total. The van der Waals surface area contributed by atoms with Gasteiger partial charge in [-0.2, -0.15) is 0 Å². The summed E-state index contributed by atoms with van der Waals surface area (Å²) in [6.45, 7) is 13.5. The molecule has 0 aliphatic heterocycles. The van der Waals surface area contributed by atoms with Crippen LogP contribution in [0, 0.1) is 17.3 Å². The molecule has 0 N–H and O–H groups in total. The van der Waals surface area contributed by atoms with Crippen molar-refractivity contribution in [3.8, 4) is 0 Å². The zero-order valence-corrected chi connectivity index (χ0v) is 11.9. The molecule has 1 rings (SSSR count). The molecule has 0 radical (unpaired) electrons. The maximum absolute atomic E-state index is 11.7. The van der Waals surface area contributed by atoms with Crippen LogP contribution in [-0.4, -0.2) is 11.9 Å². The van der Waals surface area contributed by atoms with Gasteiger partial charge in [-0.25, -0.2) is 19.4 Å². The Hall–Kier alpha value is -1.58. The van der Waals surface area contributed by atoms with Crippen molar-refractivity contribution in [2.45, 2.75) is 40.0 Å². The predicted octanol–water partition coefficient (Wildman–Crippen LogP) is 3.19. The van der Waals surface area contributed by atoms with Gasteiger partial charge >= 0.3 is 11.9 Å². The molecule has 0 aromatic carbocycles. The van der Waals surface area contributed by atoms with Gasteiger partial charge in [-0.3, -0.25) is 0 Å². The maximum atomic E-state index is 11.7. The topological polar surface area (TPSA) is 52.6 Å². The van der Waals surface area contributed by atoms with Crippen molar-refractivity contribution in [3.63, 3.8) is 0 Å². The molecule has 0 saturated heterocycles. The normalized spacial score (nSPS) is 25.2. The second-order valence-electron chi connectivity index (χ2n) is 6.11. The van der Waals surface area contributed by atoms with Crippen LogP contribution in [0.3, 0.4) is 0 Å². The van der Waals surface area contributed by atoms with E-state index in [1.54, 1.807) is 0 Å². The third-order valence-electron chi connectivity index (χ3n) is 3.51. The minimum atomic E-state index is -0.793. The van der Waals surface area contributed by atoms with E-state index in [0.29, 0.717) is 11.5 Å². The summed E-state index contributed by atoms with van der Waals surface area (Å²) in [5.74, 6) is -0.855. The Balaban J connectivity index is 2.59. The Kier molecular flexibility index (Phi) is 4.92. The molecular formula is C15H22O4. The first-order valence-electron chi connectivity index (χ1n) is 6.49. The smallest absolute Gasteiger partial charge is 0.242 e. The summed E-state index contributed by atoms with van der Waals surface area (Å²) in [7, 11) is 0. The molecule has 19 heavy (non-hydrogen) atoms. The fraction of sp³-hybridized carbons (Fsp3) is 0.600. The Labute approximate surface area is 114 Å². The second-order valence-corrected chi connectivity index (χ2v) is 6.11. The lowest BCUT2D eigenvalue weighted by molar-refractivity contribution is -0.252. The molecule has 2 atom stereocenters. The van der Waals surface area contributed by atoms with E-state index in [2.05, 4.69) is 43.7 Å². The average molecular weight is 266 g/mol. The number of hydrogen-bond acceptors (Lipinski definition) is 4. The molecule has 1 saturated carbocycles. The Morgan fingerprint density at radius 3 is 2.42 bits per heavy atom. The summed E-state index contributed by atoms with van der Waals surface area (Å²) in [5, 5.41) is 0. The molecule has 0 spiro atoms. The van der Waals surface area contributed by atoms with E-state index in [9.17, 15) is 9.59 Å². The van der Waals surface area contributed by atoms with E-state index in [1.165, 1.54) is 0 Å². The van der Waals surface area contributed by atoms with Crippen LogP contribution in [-0.2, 0) is 19.4 Å². The minimum absolute atomic E-state index is 0.0775. The van der Waals surface area contributed by atoms with Crippen LogP contribution < -0.4 is 0 Å². The van der Waals surface area contributed by atoms with Crippen molar-refractivity contribution < 1.29 is 19.4 Å². The summed E-state index contributed by atoms with van der Waals surface area (Å²) < 4.78 is 0. The van der Waals surface area contributed by atoms with Crippen LogP contribution in [0.15, 0.2) is 24.8 Å². The summed E-state index contributed by atoms with van der Waals surface area (Å²) in [5.41, 5.74) is 0.556. The van der Waals surface area contributed by atoms with Crippen molar-refractivity contribution in [2.24, 2.45) is 17.3 Å². The van der Waals surface area contributed by atoms with E-state index in [4.69, 9.17) is 0 Å². The van der Waals surface area contributed by atoms with Gasteiger partial charge in [-0.05, 0) is 36.5 Å². The van der Waals surface area contributed by atoms with Crippen LogP contribution in [0.4, 0.5) is 0 Å². The molecule has 106 valence electrons. The highest BCUT2D eigenvalue weighted by Crippen LogP contribution is 2.44. The van der Waals surface area contributed by atoms with Gasteiger partial charge < -0.3 is 0 Å². The molecule has 2 unspecified atom stereocenters. The predicted molar refractivity (Wildman–Crippen MR) is 71.8 cm³/mol. The van der Waals surface area contributed by atoms with Crippen LogP contribution in [0.5, 0.6) is 0 Å². The van der Waals surface area contributed by atoms with E-state index < -0.39 is 11.9 Å². The fourth-order valence-electron chi connectivity index (χ4n) is 2.94. The van der Waals surface area contributed by atoms with Crippen molar-refractivity contribution in [3.05, 3.63) is 24.8 Å². The summed E-state index contributed by atoms with van der Waals surface area (Å²) in [6, 6.07) is 0. The van der Waals surface area contributed by atoms with Crippen molar-refractivity contribution in [2.75, 3.05) is 0 Å². The molecule has 0 amide bonds. The third kappa shape index (κ3) is 4.54. The monoisotopic (exact) mass is 266 g/mol. The van der Waals surface area contributed by atoms with Gasteiger partial charge in [-0.1, -0.05) is 33.9 Å². The second kappa shape index (κ2) is 6.04. The van der Waals surface area contributed by atoms with Crippen LogP contribution in [0.25, 0.3) is 0 Å². The van der Waals surface area contributed by atoms with Crippen LogP contribution in [0.2, 0.25) is 0 Å². The molecule has 1 fully saturated rings. The highest BCUT2D eigenvalue weighted by Gasteiger charge is 2.35. The number of hydrogen-bond donors (Lipinski definition) is 0. The lowest BCUT2D eigenvalue weighted by Gasteiger charge is -2.39. The highest BCUT2D eigenvalue weighted by atomic mass is 17.2. The van der Waals surface area contributed by atoms with Gasteiger partial charge in [0.1, 0.15) is 0 Å². The summed E-state index contributed by atoms with van der Waals surface area (Å²) >= 11 is 0. The van der Waals surface area contributed by atoms with Gasteiger partial charge in [0, 0.05) is 11.6 Å². The van der Waals surface area contributed by atoms with Gasteiger partial charge in [0.15, 0.2) is 0 Å². The lowest BCUT2D eigenvalue weighted by Crippen LogP contribution is -2.30. The Morgan fingerprint density at radius 2 is 1.89 bits per heavy atom. The number of carbonyl (C=O) groups excluding carboxylic acids is 2. The SMILES string of the molecule is C=CC(=O)OOC(=O)C(=C)C1CC(C)CC(C)(C)C1. The van der Waals surface area contributed by atoms with Crippen molar-refractivity contribution in [1.29, 1.82) is 0 Å². The zero-order valence-electron chi connectivity index (χ0n) is 11.9. The van der Waals surface area contributed by atoms with Crippen LogP contribution in [0.1, 0.15) is 40.0 Å². The van der Waals surface area contributed by atoms with Crippen LogP contribution >= 0.6 is 0 Å². The Morgan fingerprint density at radius 1 is 1.26 bits per heavy atom. The molecule has 1 aliphatic carbocycles. The summed E-state index contributed by atoms with van der Waals surface area (Å²) in [4.78, 5) is 31.3. The van der Waals surface area contributed by atoms with Gasteiger partial charge in [-0.15, -0.1) is 0 Å². The van der Waals surface area contributed by atoms with E-state index in [1.807, 2.05) is 0 Å². The van der Waals surface area contributed by atoms with E-state index in [-0.39, 0.29) is 11.3 Å². The largest absolute Gasteiger partial charge is 0.382 e. The van der Waals surface area contributed by atoms with Gasteiger partial charge in [0.2, 0.25) is 0 Å². The van der Waals surface area contributed by atoms with Crippen molar-refractivity contribution in [1.82, 2.24) is 0 Å². The summed E-state index contributed by atoms with van der Waals surface area (Å²) in [6.07, 6.45) is 3.87. The third-order valence-corrected chi connectivity index (χ3v) is 3.51. The quantitative estimate of drug-likeness (QED) is 0.447. The molecule has 4 heteroatoms. The Bertz CT molecular complexity index is 395. The lowest BCUT2D eigenvalue weighted by atomic mass is 9.66. The average Bonchev–Trinajstić information content (AvgIpc) is 2.31. The van der Waals surface area contributed by atoms with Crippen molar-refractivity contribution >= 4 is 11.9 Å². The molecule has 0 heterocycles. The van der Waals surface area contributed by atoms with Gasteiger partial charge in [0.05, 0.1) is 0 Å². The fourth-order valence-corrected chi connectivity index (χ4v) is 2.94. The molecule has 0 aromatic rings. The first-order chi connectivity index (χ1) is 8.75. The first kappa shape index (κ1) is 15.5. The highest BCUT2D eigenvalue weighted by molar-refractivity contribution is 5.89. The minimum Gasteiger partial charge on any atom is -0.242 e. The standard InChI is InChI=1S/C15H22O4/c1-6-13(16)18-19-14(17)11(3)12-7-10(2)8-15(4,5)9-12/h6,10,12H,1,3,7-9H2,2,4-5H3. The number of carbonyl (C=O) groups is 2. The molecule has 0 aromatic heterocycles. The molecular weight excluding hydrogens is 244 g/mol. The molecule has 1 aliphatic rings. The van der Waals surface area contributed by atoms with Gasteiger partial charge in [0.25, 0.3) is 0 Å². The maximum Gasteiger partial charge on any atom is 0.382 e. The zero-order chi connectivity index (χ0) is 14.6. The number of rotatable bonds is 3. The molecule has 0 bridgehead atoms. The first-order valence-corrected chi connectivity index (χ1v) is 6.49. The van der Waals surface area contributed by atoms with E-state index in [0.717, 1.165) is 25.3 Å².